The Balaban J connectivity index is 2.13. The summed E-state index contributed by atoms with van der Waals surface area (Å²) in [6.07, 6.45) is 4.20. The van der Waals surface area contributed by atoms with Gasteiger partial charge in [0.15, 0.2) is 0 Å². The summed E-state index contributed by atoms with van der Waals surface area (Å²) in [4.78, 5) is 10.6. The Morgan fingerprint density at radius 1 is 1.73 bits per heavy atom. The first-order chi connectivity index (χ1) is 5.33. The molecule has 3 nitrogen and oxygen atoms in total. The standard InChI is InChI=1S/C8H13NO2/c1-2-3-4-9-7-5-8(10)11-6-7/h6,9H,2-5H2,1H3. The summed E-state index contributed by atoms with van der Waals surface area (Å²) in [5.41, 5.74) is 0.906. The number of cyclic esters (lactones) is 1. The van der Waals surface area contributed by atoms with E-state index in [0.29, 0.717) is 6.42 Å². The van der Waals surface area contributed by atoms with Crippen LogP contribution < -0.4 is 5.32 Å². The number of hydrogen-bond donors (Lipinski definition) is 1. The van der Waals surface area contributed by atoms with Crippen molar-refractivity contribution in [3.63, 3.8) is 0 Å². The molecule has 0 aromatic carbocycles. The smallest absolute Gasteiger partial charge is 0.316 e. The molecule has 0 aliphatic carbocycles. The number of esters is 1. The number of nitrogens with one attached hydrogen (secondary N) is 1. The Morgan fingerprint density at radius 2 is 2.55 bits per heavy atom. The van der Waals surface area contributed by atoms with Crippen LogP contribution in [-0.2, 0) is 9.53 Å². The highest BCUT2D eigenvalue weighted by molar-refractivity contribution is 5.75. The van der Waals surface area contributed by atoms with Crippen LogP contribution in [0.4, 0.5) is 0 Å². The molecular weight excluding hydrogens is 142 g/mol. The van der Waals surface area contributed by atoms with Crippen LogP contribution >= 0.6 is 0 Å². The Kier molecular flexibility index (Phi) is 2.95. The highest BCUT2D eigenvalue weighted by Crippen LogP contribution is 2.07. The lowest BCUT2D eigenvalue weighted by Crippen LogP contribution is -2.13. The summed E-state index contributed by atoms with van der Waals surface area (Å²) in [7, 11) is 0. The van der Waals surface area contributed by atoms with E-state index >= 15 is 0 Å². The van der Waals surface area contributed by atoms with Crippen molar-refractivity contribution in [1.29, 1.82) is 0 Å². The van der Waals surface area contributed by atoms with Crippen LogP contribution in [-0.4, -0.2) is 12.5 Å². The quantitative estimate of drug-likeness (QED) is 0.489. The van der Waals surface area contributed by atoms with Gasteiger partial charge in [-0.15, -0.1) is 0 Å². The predicted molar refractivity (Wildman–Crippen MR) is 41.7 cm³/mol. The summed E-state index contributed by atoms with van der Waals surface area (Å²) in [5, 5.41) is 3.13. The van der Waals surface area contributed by atoms with Gasteiger partial charge in [0.05, 0.1) is 12.1 Å². The summed E-state index contributed by atoms with van der Waals surface area (Å²) in [6, 6.07) is 0. The van der Waals surface area contributed by atoms with Crippen LogP contribution in [0, 0.1) is 0 Å². The van der Waals surface area contributed by atoms with E-state index in [1.54, 1.807) is 0 Å². The van der Waals surface area contributed by atoms with Crippen molar-refractivity contribution < 1.29 is 9.53 Å². The van der Waals surface area contributed by atoms with Crippen molar-refractivity contribution in [2.24, 2.45) is 0 Å². The molecule has 1 rings (SSSR count). The minimum atomic E-state index is -0.163. The Bertz CT molecular complexity index is 175. The van der Waals surface area contributed by atoms with E-state index in [-0.39, 0.29) is 5.97 Å². The SMILES string of the molecule is CCCCNC1=COC(=O)C1. The second kappa shape index (κ2) is 4.01. The summed E-state index contributed by atoms with van der Waals surface area (Å²) >= 11 is 0. The van der Waals surface area contributed by atoms with Crippen LogP contribution in [0.5, 0.6) is 0 Å². The molecule has 0 bridgehead atoms. The zero-order valence-electron chi connectivity index (χ0n) is 6.72. The molecule has 0 unspecified atom stereocenters. The number of carbonyl (C=O) groups is 1. The van der Waals surface area contributed by atoms with Crippen molar-refractivity contribution in [2.45, 2.75) is 26.2 Å². The molecule has 0 fully saturated rings. The van der Waals surface area contributed by atoms with Gasteiger partial charge in [-0.1, -0.05) is 13.3 Å². The predicted octanol–water partition coefficient (Wildman–Crippen LogP) is 1.16. The molecule has 1 aliphatic rings. The van der Waals surface area contributed by atoms with Crippen molar-refractivity contribution in [1.82, 2.24) is 5.32 Å². The van der Waals surface area contributed by atoms with E-state index in [0.717, 1.165) is 25.1 Å². The van der Waals surface area contributed by atoms with E-state index < -0.39 is 0 Å². The van der Waals surface area contributed by atoms with Crippen LogP contribution in [0.1, 0.15) is 26.2 Å². The van der Waals surface area contributed by atoms with E-state index in [4.69, 9.17) is 0 Å². The molecule has 11 heavy (non-hydrogen) atoms. The number of ether oxygens (including phenoxy) is 1. The molecule has 0 radical (unpaired) electrons. The van der Waals surface area contributed by atoms with Crippen LogP contribution in [0.3, 0.4) is 0 Å². The zero-order chi connectivity index (χ0) is 8.10. The Hall–Kier alpha value is -0.990. The van der Waals surface area contributed by atoms with Crippen molar-refractivity contribution >= 4 is 5.97 Å². The van der Waals surface area contributed by atoms with Gasteiger partial charge in [0, 0.05) is 6.54 Å². The molecule has 0 saturated carbocycles. The first-order valence-corrected chi connectivity index (χ1v) is 3.95. The van der Waals surface area contributed by atoms with Crippen LogP contribution in [0.2, 0.25) is 0 Å². The molecule has 3 heteroatoms. The highest BCUT2D eigenvalue weighted by atomic mass is 16.5. The molecule has 1 aliphatic heterocycles. The normalized spacial score (nSPS) is 16.1. The van der Waals surface area contributed by atoms with E-state index in [1.165, 1.54) is 6.26 Å². The third-order valence-electron chi connectivity index (χ3n) is 1.55. The van der Waals surface area contributed by atoms with Crippen molar-refractivity contribution in [2.75, 3.05) is 6.54 Å². The molecule has 0 saturated heterocycles. The van der Waals surface area contributed by atoms with Crippen molar-refractivity contribution in [3.05, 3.63) is 12.0 Å². The maximum absolute atomic E-state index is 10.6. The van der Waals surface area contributed by atoms with E-state index in [9.17, 15) is 4.79 Å². The number of rotatable bonds is 4. The maximum atomic E-state index is 10.6. The van der Waals surface area contributed by atoms with Gasteiger partial charge in [-0.25, -0.2) is 0 Å². The van der Waals surface area contributed by atoms with Crippen LogP contribution in [0.15, 0.2) is 12.0 Å². The van der Waals surface area contributed by atoms with E-state index in [2.05, 4.69) is 17.0 Å². The fourth-order valence-electron chi connectivity index (χ4n) is 0.906. The van der Waals surface area contributed by atoms with Gasteiger partial charge in [0.2, 0.25) is 0 Å². The fourth-order valence-corrected chi connectivity index (χ4v) is 0.906. The van der Waals surface area contributed by atoms with Crippen molar-refractivity contribution in [3.8, 4) is 0 Å². The lowest BCUT2D eigenvalue weighted by molar-refractivity contribution is -0.135. The van der Waals surface area contributed by atoms with Gasteiger partial charge in [0.25, 0.3) is 0 Å². The summed E-state index contributed by atoms with van der Waals surface area (Å²) < 4.78 is 4.63. The average molecular weight is 155 g/mol. The average Bonchev–Trinajstić information content (AvgIpc) is 2.37. The number of unbranched alkanes of at least 4 members (excludes halogenated alkanes) is 1. The highest BCUT2D eigenvalue weighted by Gasteiger charge is 2.13. The van der Waals surface area contributed by atoms with Crippen LogP contribution in [0.25, 0.3) is 0 Å². The zero-order valence-corrected chi connectivity index (χ0v) is 6.72. The lowest BCUT2D eigenvalue weighted by atomic mass is 10.3. The van der Waals surface area contributed by atoms with Gasteiger partial charge >= 0.3 is 5.97 Å². The molecule has 0 amide bonds. The van der Waals surface area contributed by atoms with E-state index in [1.807, 2.05) is 0 Å². The Labute approximate surface area is 66.4 Å². The largest absolute Gasteiger partial charge is 0.432 e. The van der Waals surface area contributed by atoms with Gasteiger partial charge in [-0.3, -0.25) is 4.79 Å². The maximum Gasteiger partial charge on any atom is 0.316 e. The monoisotopic (exact) mass is 155 g/mol. The molecule has 1 heterocycles. The molecule has 0 spiro atoms. The minimum absolute atomic E-state index is 0.163. The second-order valence-corrected chi connectivity index (χ2v) is 2.59. The number of hydrogen-bond acceptors (Lipinski definition) is 3. The van der Waals surface area contributed by atoms with Gasteiger partial charge in [0.1, 0.15) is 6.26 Å². The summed E-state index contributed by atoms with van der Waals surface area (Å²) in [6.45, 7) is 3.06. The molecule has 1 N–H and O–H groups in total. The molecule has 0 aromatic rings. The van der Waals surface area contributed by atoms with Gasteiger partial charge < -0.3 is 10.1 Å². The topological polar surface area (TPSA) is 38.3 Å². The lowest BCUT2D eigenvalue weighted by Gasteiger charge is -2.01. The molecule has 62 valence electrons. The first kappa shape index (κ1) is 8.11. The molecule has 0 aromatic heterocycles. The molecular formula is C8H13NO2. The first-order valence-electron chi connectivity index (χ1n) is 3.95. The Morgan fingerprint density at radius 3 is 3.09 bits per heavy atom. The number of carbonyl (C=O) groups excluding carboxylic acids is 1. The third-order valence-corrected chi connectivity index (χ3v) is 1.55. The second-order valence-electron chi connectivity index (χ2n) is 2.59. The van der Waals surface area contributed by atoms with Gasteiger partial charge in [-0.2, -0.15) is 0 Å². The fraction of sp³-hybridized carbons (Fsp3) is 0.625. The third kappa shape index (κ3) is 2.62. The van der Waals surface area contributed by atoms with Gasteiger partial charge in [-0.05, 0) is 6.42 Å². The molecule has 0 atom stereocenters. The minimum Gasteiger partial charge on any atom is -0.432 e. The summed E-state index contributed by atoms with van der Waals surface area (Å²) in [5.74, 6) is -0.163.